The van der Waals surface area contributed by atoms with Crippen molar-refractivity contribution in [3.05, 3.63) is 72.3 Å². The molecule has 4 rings (SSSR count). The second-order valence-corrected chi connectivity index (χ2v) is 6.54. The van der Waals surface area contributed by atoms with Gasteiger partial charge >= 0.3 is 0 Å². The number of aromatic nitrogens is 2. The number of rotatable bonds is 4. The van der Waals surface area contributed by atoms with Crippen molar-refractivity contribution in [3.63, 3.8) is 0 Å². The Hall–Kier alpha value is -2.79. The van der Waals surface area contributed by atoms with Crippen LogP contribution in [0.2, 0.25) is 0 Å². The molecule has 0 saturated carbocycles. The molecule has 1 aliphatic rings. The van der Waals surface area contributed by atoms with E-state index in [1.807, 2.05) is 36.4 Å². The molecule has 1 aromatic heterocycles. The van der Waals surface area contributed by atoms with Gasteiger partial charge in [-0.2, -0.15) is 0 Å². The van der Waals surface area contributed by atoms with Crippen LogP contribution in [0, 0.1) is 5.82 Å². The van der Waals surface area contributed by atoms with Crippen LogP contribution < -0.4 is 10.6 Å². The van der Waals surface area contributed by atoms with Gasteiger partial charge in [-0.3, -0.25) is 0 Å². The molecule has 2 aromatic carbocycles. The number of halogens is 1. The van der Waals surface area contributed by atoms with E-state index in [1.54, 1.807) is 12.1 Å². The number of benzene rings is 2. The molecule has 132 valence electrons. The van der Waals surface area contributed by atoms with Crippen molar-refractivity contribution in [1.29, 1.82) is 0 Å². The Labute approximate surface area is 152 Å². The first-order chi connectivity index (χ1) is 12.8. The maximum absolute atomic E-state index is 13.3. The van der Waals surface area contributed by atoms with Crippen LogP contribution >= 0.6 is 0 Å². The van der Waals surface area contributed by atoms with Crippen molar-refractivity contribution < 1.29 is 4.39 Å². The average Bonchev–Trinajstić information content (AvgIpc) is 2.70. The highest BCUT2D eigenvalue weighted by Crippen LogP contribution is 2.27. The fourth-order valence-corrected chi connectivity index (χ4v) is 3.22. The van der Waals surface area contributed by atoms with Crippen LogP contribution in [0.25, 0.3) is 11.3 Å². The third-order valence-electron chi connectivity index (χ3n) is 4.59. The fraction of sp³-hybridized carbons (Fsp3) is 0.238. The maximum Gasteiger partial charge on any atom is 0.135 e. The normalized spacial score (nSPS) is 17.0. The Morgan fingerprint density at radius 2 is 1.81 bits per heavy atom. The third-order valence-corrected chi connectivity index (χ3v) is 4.59. The van der Waals surface area contributed by atoms with E-state index in [2.05, 4.69) is 10.6 Å². The lowest BCUT2D eigenvalue weighted by atomic mass is 9.98. The van der Waals surface area contributed by atoms with Crippen LogP contribution in [0.3, 0.4) is 0 Å². The van der Waals surface area contributed by atoms with Gasteiger partial charge in [0.25, 0.3) is 0 Å². The summed E-state index contributed by atoms with van der Waals surface area (Å²) in [6, 6.07) is 18.3. The van der Waals surface area contributed by atoms with Gasteiger partial charge in [-0.25, -0.2) is 14.4 Å². The number of nitrogens with zero attached hydrogens (tertiary/aromatic N) is 2. The summed E-state index contributed by atoms with van der Waals surface area (Å²) >= 11 is 0. The van der Waals surface area contributed by atoms with Gasteiger partial charge in [0.05, 0.1) is 5.69 Å². The zero-order valence-electron chi connectivity index (χ0n) is 14.5. The standard InChI is InChI=1S/C21H21FN4/c22-17-10-8-15(9-11-17)19-13-20(24-18-6-2-1-3-7-18)26-21(25-19)16-5-4-12-23-14-16/h1-3,6-11,13,16,23H,4-5,12,14H2,(H,24,25,26). The Morgan fingerprint density at radius 1 is 1.00 bits per heavy atom. The smallest absolute Gasteiger partial charge is 0.135 e. The summed E-state index contributed by atoms with van der Waals surface area (Å²) in [4.78, 5) is 9.54. The molecular weight excluding hydrogens is 327 g/mol. The predicted octanol–water partition coefficient (Wildman–Crippen LogP) is 4.49. The predicted molar refractivity (Wildman–Crippen MR) is 102 cm³/mol. The van der Waals surface area contributed by atoms with Gasteiger partial charge in [0.15, 0.2) is 0 Å². The maximum atomic E-state index is 13.3. The monoisotopic (exact) mass is 348 g/mol. The van der Waals surface area contributed by atoms with Gasteiger partial charge < -0.3 is 10.6 Å². The fourth-order valence-electron chi connectivity index (χ4n) is 3.22. The largest absolute Gasteiger partial charge is 0.340 e. The number of piperidine rings is 1. The molecule has 3 aromatic rings. The minimum Gasteiger partial charge on any atom is -0.340 e. The molecule has 2 N–H and O–H groups in total. The van der Waals surface area contributed by atoms with E-state index in [0.29, 0.717) is 5.92 Å². The van der Waals surface area contributed by atoms with E-state index in [1.165, 1.54) is 12.1 Å². The molecule has 0 spiro atoms. The molecule has 0 bridgehead atoms. The lowest BCUT2D eigenvalue weighted by molar-refractivity contribution is 0.447. The van der Waals surface area contributed by atoms with Crippen molar-refractivity contribution in [1.82, 2.24) is 15.3 Å². The van der Waals surface area contributed by atoms with Gasteiger partial charge in [0.2, 0.25) is 0 Å². The van der Waals surface area contributed by atoms with Gasteiger partial charge in [-0.15, -0.1) is 0 Å². The zero-order chi connectivity index (χ0) is 17.8. The number of anilines is 2. The average molecular weight is 348 g/mol. The van der Waals surface area contributed by atoms with Crippen molar-refractivity contribution in [2.45, 2.75) is 18.8 Å². The Morgan fingerprint density at radius 3 is 2.54 bits per heavy atom. The molecule has 0 aliphatic carbocycles. The van der Waals surface area contributed by atoms with Gasteiger partial charge in [0.1, 0.15) is 17.5 Å². The Kier molecular flexibility index (Phi) is 4.88. The van der Waals surface area contributed by atoms with Gasteiger partial charge in [-0.1, -0.05) is 18.2 Å². The number of hydrogen-bond acceptors (Lipinski definition) is 4. The molecule has 0 amide bonds. The summed E-state index contributed by atoms with van der Waals surface area (Å²) in [6.07, 6.45) is 2.20. The Bertz CT molecular complexity index is 859. The van der Waals surface area contributed by atoms with E-state index in [0.717, 1.165) is 54.5 Å². The van der Waals surface area contributed by atoms with Crippen LogP contribution in [0.5, 0.6) is 0 Å². The summed E-state index contributed by atoms with van der Waals surface area (Å²) < 4.78 is 13.3. The molecule has 1 atom stereocenters. The molecular formula is C21H21FN4. The molecule has 1 saturated heterocycles. The first-order valence-corrected chi connectivity index (χ1v) is 8.96. The van der Waals surface area contributed by atoms with E-state index in [4.69, 9.17) is 9.97 Å². The minimum atomic E-state index is -0.248. The van der Waals surface area contributed by atoms with Crippen molar-refractivity contribution >= 4 is 11.5 Å². The van der Waals surface area contributed by atoms with Crippen LogP contribution in [0.15, 0.2) is 60.7 Å². The first-order valence-electron chi connectivity index (χ1n) is 8.96. The van der Waals surface area contributed by atoms with Crippen molar-refractivity contribution in [3.8, 4) is 11.3 Å². The highest BCUT2D eigenvalue weighted by molar-refractivity contribution is 5.65. The molecule has 2 heterocycles. The number of hydrogen-bond donors (Lipinski definition) is 2. The van der Waals surface area contributed by atoms with Crippen molar-refractivity contribution in [2.75, 3.05) is 18.4 Å². The van der Waals surface area contributed by atoms with Crippen molar-refractivity contribution in [2.24, 2.45) is 0 Å². The summed E-state index contributed by atoms with van der Waals surface area (Å²) in [5.41, 5.74) is 2.66. The molecule has 1 aliphatic heterocycles. The van der Waals surface area contributed by atoms with E-state index >= 15 is 0 Å². The second-order valence-electron chi connectivity index (χ2n) is 6.54. The summed E-state index contributed by atoms with van der Waals surface area (Å²) in [5.74, 6) is 1.63. The molecule has 1 fully saturated rings. The number of nitrogens with one attached hydrogen (secondary N) is 2. The van der Waals surface area contributed by atoms with Crippen LogP contribution in [-0.4, -0.2) is 23.1 Å². The van der Waals surface area contributed by atoms with E-state index < -0.39 is 0 Å². The quantitative estimate of drug-likeness (QED) is 0.729. The lowest BCUT2D eigenvalue weighted by Gasteiger charge is -2.22. The molecule has 5 heteroatoms. The Balaban J connectivity index is 1.72. The molecule has 26 heavy (non-hydrogen) atoms. The summed E-state index contributed by atoms with van der Waals surface area (Å²) in [5, 5.41) is 6.78. The minimum absolute atomic E-state index is 0.248. The van der Waals surface area contributed by atoms with Crippen LogP contribution in [0.4, 0.5) is 15.9 Å². The third kappa shape index (κ3) is 3.89. The summed E-state index contributed by atoms with van der Waals surface area (Å²) in [6.45, 7) is 1.93. The molecule has 1 unspecified atom stereocenters. The summed E-state index contributed by atoms with van der Waals surface area (Å²) in [7, 11) is 0. The van der Waals surface area contributed by atoms with Gasteiger partial charge in [-0.05, 0) is 55.8 Å². The SMILES string of the molecule is Fc1ccc(-c2cc(Nc3ccccc3)nc(C3CCCNC3)n2)cc1. The topological polar surface area (TPSA) is 49.8 Å². The van der Waals surface area contributed by atoms with Crippen LogP contribution in [0.1, 0.15) is 24.6 Å². The highest BCUT2D eigenvalue weighted by atomic mass is 19.1. The molecule has 4 nitrogen and oxygen atoms in total. The van der Waals surface area contributed by atoms with E-state index in [9.17, 15) is 4.39 Å². The van der Waals surface area contributed by atoms with Crippen LogP contribution in [-0.2, 0) is 0 Å². The van der Waals surface area contributed by atoms with E-state index in [-0.39, 0.29) is 5.82 Å². The molecule has 0 radical (unpaired) electrons. The van der Waals surface area contributed by atoms with Gasteiger partial charge in [0, 0.05) is 29.8 Å². The highest BCUT2D eigenvalue weighted by Gasteiger charge is 2.19. The first kappa shape index (κ1) is 16.7. The lowest BCUT2D eigenvalue weighted by Crippen LogP contribution is -2.29. The zero-order valence-corrected chi connectivity index (χ0v) is 14.5. The number of para-hydroxylation sites is 1. The second kappa shape index (κ2) is 7.62.